The number of aromatic nitrogens is 2. The van der Waals surface area contributed by atoms with Gasteiger partial charge < -0.3 is 5.11 Å². The Balaban J connectivity index is 2.30. The summed E-state index contributed by atoms with van der Waals surface area (Å²) in [4.78, 5) is 4.35. The van der Waals surface area contributed by atoms with Crippen molar-refractivity contribution in [1.82, 2.24) is 8.96 Å². The van der Waals surface area contributed by atoms with Crippen molar-refractivity contribution < 1.29 is 13.5 Å². The second-order valence-corrected chi connectivity index (χ2v) is 7.65. The number of hydrogen-bond donors (Lipinski definition) is 1. The zero-order valence-electron chi connectivity index (χ0n) is 11.7. The summed E-state index contributed by atoms with van der Waals surface area (Å²) < 4.78 is 27.6. The van der Waals surface area contributed by atoms with E-state index in [1.165, 1.54) is 6.20 Å². The molecule has 0 atom stereocenters. The number of benzene rings is 1. The summed E-state index contributed by atoms with van der Waals surface area (Å²) in [6.07, 6.45) is 1.53. The van der Waals surface area contributed by atoms with Gasteiger partial charge in [-0.2, -0.15) is 0 Å². The molecule has 7 heteroatoms. The number of aryl methyl sites for hydroxylation is 1. The molecule has 1 N–H and O–H groups in total. The maximum absolute atomic E-state index is 12.9. The summed E-state index contributed by atoms with van der Waals surface area (Å²) in [5, 5.41) is 10.2. The molecule has 0 spiro atoms. The van der Waals surface area contributed by atoms with Crippen molar-refractivity contribution in [3.05, 3.63) is 58.3 Å². The fourth-order valence-corrected chi connectivity index (χ4v) is 4.13. The molecule has 3 aromatic rings. The molecule has 0 saturated heterocycles. The maximum atomic E-state index is 12.9. The lowest BCUT2D eigenvalue weighted by atomic mass is 10.2. The fourth-order valence-electron chi connectivity index (χ4n) is 2.29. The lowest BCUT2D eigenvalue weighted by molar-refractivity contribution is 0.276. The van der Waals surface area contributed by atoms with Gasteiger partial charge in [0.1, 0.15) is 0 Å². The first kappa shape index (κ1) is 15.2. The standard InChI is InChI=1S/C15H13BrN2O3S/c1-10-2-4-14(5-3-10)22(20,21)18-13(9-19)7-11-6-12(16)8-17-15(11)18/h2-8,19H,9H2,1H3. The maximum Gasteiger partial charge on any atom is 0.269 e. The van der Waals surface area contributed by atoms with Crippen LogP contribution in [0.2, 0.25) is 0 Å². The van der Waals surface area contributed by atoms with Crippen molar-refractivity contribution in [3.63, 3.8) is 0 Å². The number of aliphatic hydroxyl groups excluding tert-OH is 1. The second kappa shape index (κ2) is 5.49. The van der Waals surface area contributed by atoms with Crippen molar-refractivity contribution in [1.29, 1.82) is 0 Å². The molecule has 0 unspecified atom stereocenters. The summed E-state index contributed by atoms with van der Waals surface area (Å²) in [5.41, 5.74) is 1.55. The van der Waals surface area contributed by atoms with Gasteiger partial charge in [0.25, 0.3) is 10.0 Å². The van der Waals surface area contributed by atoms with Crippen LogP contribution in [0.3, 0.4) is 0 Å². The van der Waals surface area contributed by atoms with Crippen LogP contribution in [0.15, 0.2) is 52.0 Å². The molecule has 2 heterocycles. The molecule has 0 fully saturated rings. The van der Waals surface area contributed by atoms with Gasteiger partial charge in [-0.3, -0.25) is 0 Å². The Morgan fingerprint density at radius 1 is 1.23 bits per heavy atom. The third-order valence-electron chi connectivity index (χ3n) is 3.36. The number of halogens is 1. The van der Waals surface area contributed by atoms with Crippen molar-refractivity contribution in [3.8, 4) is 0 Å². The normalized spacial score (nSPS) is 12.0. The number of rotatable bonds is 3. The second-order valence-electron chi connectivity index (χ2n) is 4.94. The van der Waals surface area contributed by atoms with Crippen LogP contribution >= 0.6 is 15.9 Å². The van der Waals surface area contributed by atoms with Crippen molar-refractivity contribution in [2.45, 2.75) is 18.4 Å². The van der Waals surface area contributed by atoms with E-state index >= 15 is 0 Å². The van der Waals surface area contributed by atoms with E-state index < -0.39 is 10.0 Å². The number of hydrogen-bond acceptors (Lipinski definition) is 4. The van der Waals surface area contributed by atoms with E-state index in [9.17, 15) is 13.5 Å². The zero-order chi connectivity index (χ0) is 15.9. The summed E-state index contributed by atoms with van der Waals surface area (Å²) in [6, 6.07) is 9.97. The Kier molecular flexibility index (Phi) is 3.80. The molecule has 2 aromatic heterocycles. The minimum absolute atomic E-state index is 0.162. The fraction of sp³-hybridized carbons (Fsp3) is 0.133. The summed E-state index contributed by atoms with van der Waals surface area (Å²) in [7, 11) is -3.82. The Labute approximate surface area is 136 Å². The van der Waals surface area contributed by atoms with Crippen LogP contribution in [0.4, 0.5) is 0 Å². The number of nitrogens with zero attached hydrogens (tertiary/aromatic N) is 2. The van der Waals surface area contributed by atoms with E-state index in [1.54, 1.807) is 36.4 Å². The molecular weight excluding hydrogens is 368 g/mol. The van der Waals surface area contributed by atoms with E-state index in [0.717, 1.165) is 14.0 Å². The molecule has 0 amide bonds. The minimum atomic E-state index is -3.82. The molecule has 0 aliphatic rings. The molecule has 0 aliphatic heterocycles. The van der Waals surface area contributed by atoms with Crippen LogP contribution in [0.25, 0.3) is 11.0 Å². The van der Waals surface area contributed by atoms with Gasteiger partial charge in [0, 0.05) is 16.1 Å². The smallest absolute Gasteiger partial charge is 0.269 e. The van der Waals surface area contributed by atoms with E-state index in [1.807, 2.05) is 6.92 Å². The molecule has 114 valence electrons. The van der Waals surface area contributed by atoms with Crippen molar-refractivity contribution in [2.24, 2.45) is 0 Å². The Hall–Kier alpha value is -1.70. The highest BCUT2D eigenvalue weighted by Gasteiger charge is 2.23. The molecule has 0 bridgehead atoms. The lowest BCUT2D eigenvalue weighted by Crippen LogP contribution is -2.16. The minimum Gasteiger partial charge on any atom is -0.390 e. The highest BCUT2D eigenvalue weighted by molar-refractivity contribution is 9.10. The van der Waals surface area contributed by atoms with E-state index in [4.69, 9.17) is 0 Å². The predicted octanol–water partition coefficient (Wildman–Crippen LogP) is 2.84. The van der Waals surface area contributed by atoms with Crippen molar-refractivity contribution >= 4 is 37.0 Å². The highest BCUT2D eigenvalue weighted by Crippen LogP contribution is 2.26. The van der Waals surface area contributed by atoms with Crippen LogP contribution in [0, 0.1) is 6.92 Å². The van der Waals surface area contributed by atoms with E-state index in [-0.39, 0.29) is 17.2 Å². The first-order valence-electron chi connectivity index (χ1n) is 6.52. The van der Waals surface area contributed by atoms with Crippen LogP contribution in [0.1, 0.15) is 11.3 Å². The predicted molar refractivity (Wildman–Crippen MR) is 87.1 cm³/mol. The Morgan fingerprint density at radius 3 is 2.55 bits per heavy atom. The molecular formula is C15H13BrN2O3S. The SMILES string of the molecule is Cc1ccc(S(=O)(=O)n2c(CO)cc3cc(Br)cnc32)cc1. The van der Waals surface area contributed by atoms with Gasteiger partial charge >= 0.3 is 0 Å². The van der Waals surface area contributed by atoms with Gasteiger partial charge in [0.2, 0.25) is 0 Å². The Morgan fingerprint density at radius 2 is 1.91 bits per heavy atom. The molecule has 1 aromatic carbocycles. The average molecular weight is 381 g/mol. The Bertz CT molecular complexity index is 947. The van der Waals surface area contributed by atoms with Gasteiger partial charge in [-0.15, -0.1) is 0 Å². The molecule has 0 aliphatic carbocycles. The average Bonchev–Trinajstić information content (AvgIpc) is 2.85. The summed E-state index contributed by atoms with van der Waals surface area (Å²) >= 11 is 3.31. The van der Waals surface area contributed by atoms with Gasteiger partial charge in [0.05, 0.1) is 17.2 Å². The molecule has 5 nitrogen and oxygen atoms in total. The summed E-state index contributed by atoms with van der Waals surface area (Å²) in [6.45, 7) is 1.50. The van der Waals surface area contributed by atoms with Crippen LogP contribution in [-0.4, -0.2) is 22.5 Å². The largest absolute Gasteiger partial charge is 0.390 e. The van der Waals surface area contributed by atoms with E-state index in [0.29, 0.717) is 11.0 Å². The number of pyridine rings is 1. The van der Waals surface area contributed by atoms with Crippen LogP contribution in [0.5, 0.6) is 0 Å². The molecule has 22 heavy (non-hydrogen) atoms. The van der Waals surface area contributed by atoms with Gasteiger partial charge in [-0.25, -0.2) is 17.4 Å². The molecule has 0 radical (unpaired) electrons. The van der Waals surface area contributed by atoms with E-state index in [2.05, 4.69) is 20.9 Å². The number of aliphatic hydroxyl groups is 1. The number of fused-ring (bicyclic) bond motifs is 1. The summed E-state index contributed by atoms with van der Waals surface area (Å²) in [5.74, 6) is 0. The lowest BCUT2D eigenvalue weighted by Gasteiger charge is -2.10. The molecule has 3 rings (SSSR count). The van der Waals surface area contributed by atoms with Gasteiger partial charge in [-0.1, -0.05) is 17.7 Å². The topological polar surface area (TPSA) is 72.2 Å². The van der Waals surface area contributed by atoms with Crippen LogP contribution in [-0.2, 0) is 16.6 Å². The quantitative estimate of drug-likeness (QED) is 0.757. The van der Waals surface area contributed by atoms with Gasteiger partial charge in [-0.05, 0) is 47.1 Å². The third kappa shape index (κ3) is 2.45. The van der Waals surface area contributed by atoms with Gasteiger partial charge in [0.15, 0.2) is 5.65 Å². The molecule has 0 saturated carbocycles. The monoisotopic (exact) mass is 380 g/mol. The zero-order valence-corrected chi connectivity index (χ0v) is 14.1. The highest BCUT2D eigenvalue weighted by atomic mass is 79.9. The first-order valence-corrected chi connectivity index (χ1v) is 8.76. The van der Waals surface area contributed by atoms with Crippen molar-refractivity contribution in [2.75, 3.05) is 0 Å². The van der Waals surface area contributed by atoms with Crippen LogP contribution < -0.4 is 0 Å². The first-order chi connectivity index (χ1) is 10.4. The third-order valence-corrected chi connectivity index (χ3v) is 5.55.